The second-order valence-corrected chi connectivity index (χ2v) is 7.65. The van der Waals surface area contributed by atoms with Crippen LogP contribution in [0, 0.1) is 0 Å². The van der Waals surface area contributed by atoms with Crippen molar-refractivity contribution in [3.8, 4) is 5.75 Å². The van der Waals surface area contributed by atoms with Crippen molar-refractivity contribution in [1.29, 1.82) is 0 Å². The van der Waals surface area contributed by atoms with Gasteiger partial charge in [-0.05, 0) is 43.4 Å². The number of piperidine rings is 1. The lowest BCUT2D eigenvalue weighted by Gasteiger charge is -2.21. The summed E-state index contributed by atoms with van der Waals surface area (Å²) in [6.07, 6.45) is 4.18. The summed E-state index contributed by atoms with van der Waals surface area (Å²) in [5.41, 5.74) is 0.871. The smallest absolute Gasteiger partial charge is 0.264 e. The predicted octanol–water partition coefficient (Wildman–Crippen LogP) is 1.73. The number of hydrogen-bond donors (Lipinski definition) is 1. The zero-order valence-corrected chi connectivity index (χ0v) is 15.0. The summed E-state index contributed by atoms with van der Waals surface area (Å²) >= 11 is 0. The average molecular weight is 369 g/mol. The highest BCUT2D eigenvalue weighted by molar-refractivity contribution is 7.85. The van der Waals surface area contributed by atoms with Crippen LogP contribution in [0.2, 0.25) is 0 Å². The van der Waals surface area contributed by atoms with Crippen molar-refractivity contribution in [1.82, 2.24) is 5.32 Å². The molecule has 1 aromatic rings. The third-order valence-electron chi connectivity index (χ3n) is 3.88. The zero-order valence-electron chi connectivity index (χ0n) is 14.2. The minimum absolute atomic E-state index is 0.194. The lowest BCUT2D eigenvalue weighted by Crippen LogP contribution is -2.39. The number of hydrogen-bond acceptors (Lipinski definition) is 6. The summed E-state index contributed by atoms with van der Waals surface area (Å²) < 4.78 is 31.9. The Labute approximate surface area is 147 Å². The van der Waals surface area contributed by atoms with Gasteiger partial charge in [0.1, 0.15) is 5.75 Å². The topological polar surface area (TPSA) is 98.8 Å². The van der Waals surface area contributed by atoms with Crippen LogP contribution in [0.25, 0.3) is 0 Å². The quantitative estimate of drug-likeness (QED) is 0.404. The van der Waals surface area contributed by atoms with Gasteiger partial charge in [-0.25, -0.2) is 0 Å². The van der Waals surface area contributed by atoms with Gasteiger partial charge >= 0.3 is 0 Å². The molecule has 1 unspecified atom stereocenters. The third-order valence-corrected chi connectivity index (χ3v) is 4.47. The summed E-state index contributed by atoms with van der Waals surface area (Å²) in [5, 5.41) is 2.35. The van der Waals surface area contributed by atoms with E-state index in [1.54, 1.807) is 0 Å². The number of carbonyl (C=O) groups excluding carboxylic acids is 2. The number of nitrogens with one attached hydrogen (secondary N) is 1. The molecule has 2 rings (SSSR count). The molecule has 1 saturated heterocycles. The molecular weight excluding hydrogens is 346 g/mol. The van der Waals surface area contributed by atoms with Crippen LogP contribution >= 0.6 is 0 Å². The van der Waals surface area contributed by atoms with Gasteiger partial charge in [0.25, 0.3) is 10.1 Å². The molecule has 0 spiro atoms. The monoisotopic (exact) mass is 369 g/mol. The summed E-state index contributed by atoms with van der Waals surface area (Å²) in [6, 6.07) is 7.31. The van der Waals surface area contributed by atoms with E-state index in [2.05, 4.69) is 9.50 Å². The van der Waals surface area contributed by atoms with Gasteiger partial charge in [0, 0.05) is 6.42 Å². The van der Waals surface area contributed by atoms with E-state index in [1.807, 2.05) is 24.3 Å². The maximum Gasteiger partial charge on any atom is 0.264 e. The SMILES string of the molecule is CS(=O)(=O)OCCCCCOc1ccc(C2CCC(=O)NC2=O)cc1. The van der Waals surface area contributed by atoms with Crippen molar-refractivity contribution in [3.63, 3.8) is 0 Å². The number of imide groups is 1. The molecular formula is C17H23NO6S. The van der Waals surface area contributed by atoms with Crippen molar-refractivity contribution < 1.29 is 26.9 Å². The highest BCUT2D eigenvalue weighted by Crippen LogP contribution is 2.26. The Kier molecular flexibility index (Phi) is 6.95. The van der Waals surface area contributed by atoms with E-state index >= 15 is 0 Å². The van der Waals surface area contributed by atoms with E-state index in [4.69, 9.17) is 4.74 Å². The molecule has 0 saturated carbocycles. The number of unbranched alkanes of at least 4 members (excludes halogenated alkanes) is 2. The number of carbonyl (C=O) groups is 2. The van der Waals surface area contributed by atoms with E-state index in [-0.39, 0.29) is 24.3 Å². The molecule has 1 fully saturated rings. The Morgan fingerprint density at radius 3 is 2.40 bits per heavy atom. The first-order chi connectivity index (χ1) is 11.8. The predicted molar refractivity (Wildman–Crippen MR) is 91.7 cm³/mol. The van der Waals surface area contributed by atoms with E-state index in [9.17, 15) is 18.0 Å². The second kappa shape index (κ2) is 8.96. The molecule has 1 aliphatic rings. The molecule has 0 bridgehead atoms. The second-order valence-electron chi connectivity index (χ2n) is 6.01. The van der Waals surface area contributed by atoms with Gasteiger partial charge in [0.2, 0.25) is 11.8 Å². The molecule has 138 valence electrons. The molecule has 0 aromatic heterocycles. The first kappa shape index (κ1) is 19.4. The fourth-order valence-electron chi connectivity index (χ4n) is 2.59. The minimum atomic E-state index is -3.36. The summed E-state index contributed by atoms with van der Waals surface area (Å²) in [4.78, 5) is 23.0. The fraction of sp³-hybridized carbons (Fsp3) is 0.529. The summed E-state index contributed by atoms with van der Waals surface area (Å²) in [6.45, 7) is 0.718. The highest BCUT2D eigenvalue weighted by atomic mass is 32.2. The van der Waals surface area contributed by atoms with E-state index in [0.717, 1.165) is 24.7 Å². The molecule has 1 atom stereocenters. The molecule has 25 heavy (non-hydrogen) atoms. The van der Waals surface area contributed by atoms with Crippen LogP contribution < -0.4 is 10.1 Å². The Balaban J connectivity index is 1.68. The van der Waals surface area contributed by atoms with Crippen LogP contribution in [0.4, 0.5) is 0 Å². The van der Waals surface area contributed by atoms with Crippen LogP contribution in [-0.2, 0) is 23.9 Å². The highest BCUT2D eigenvalue weighted by Gasteiger charge is 2.27. The largest absolute Gasteiger partial charge is 0.494 e. The van der Waals surface area contributed by atoms with Crippen LogP contribution in [0.3, 0.4) is 0 Å². The van der Waals surface area contributed by atoms with Gasteiger partial charge in [-0.3, -0.25) is 19.1 Å². The molecule has 0 aliphatic carbocycles. The Morgan fingerprint density at radius 1 is 1.08 bits per heavy atom. The molecule has 1 aromatic carbocycles. The number of amides is 2. The molecule has 8 heteroatoms. The van der Waals surface area contributed by atoms with Crippen LogP contribution in [-0.4, -0.2) is 39.7 Å². The van der Waals surface area contributed by atoms with Gasteiger partial charge in [0.05, 0.1) is 25.4 Å². The molecule has 0 radical (unpaired) electrons. The van der Waals surface area contributed by atoms with E-state index < -0.39 is 10.1 Å². The van der Waals surface area contributed by atoms with Crippen LogP contribution in [0.15, 0.2) is 24.3 Å². The normalized spacial score (nSPS) is 18.0. The van der Waals surface area contributed by atoms with Crippen LogP contribution in [0.5, 0.6) is 5.75 Å². The van der Waals surface area contributed by atoms with Crippen molar-refractivity contribution in [2.75, 3.05) is 19.5 Å². The molecule has 2 amide bonds. The van der Waals surface area contributed by atoms with Gasteiger partial charge in [0.15, 0.2) is 0 Å². The van der Waals surface area contributed by atoms with Crippen molar-refractivity contribution >= 4 is 21.9 Å². The van der Waals surface area contributed by atoms with Crippen molar-refractivity contribution in [2.45, 2.75) is 38.0 Å². The van der Waals surface area contributed by atoms with Crippen LogP contribution in [0.1, 0.15) is 43.6 Å². The number of ether oxygens (including phenoxy) is 1. The van der Waals surface area contributed by atoms with Gasteiger partial charge in [-0.15, -0.1) is 0 Å². The van der Waals surface area contributed by atoms with Gasteiger partial charge < -0.3 is 4.74 Å². The first-order valence-corrected chi connectivity index (χ1v) is 10.1. The van der Waals surface area contributed by atoms with Crippen molar-refractivity contribution in [2.24, 2.45) is 0 Å². The van der Waals surface area contributed by atoms with E-state index in [1.165, 1.54) is 0 Å². The Morgan fingerprint density at radius 2 is 1.76 bits per heavy atom. The molecule has 1 N–H and O–H groups in total. The Bertz CT molecular complexity index is 698. The van der Waals surface area contributed by atoms with Gasteiger partial charge in [-0.1, -0.05) is 12.1 Å². The lowest BCUT2D eigenvalue weighted by molar-refractivity contribution is -0.134. The van der Waals surface area contributed by atoms with E-state index in [0.29, 0.717) is 31.6 Å². The Hall–Kier alpha value is -1.93. The third kappa shape index (κ3) is 6.83. The molecule has 7 nitrogen and oxygen atoms in total. The zero-order chi connectivity index (χ0) is 18.3. The standard InChI is InChI=1S/C17H23NO6S/c1-25(21,22)24-12-4-2-3-11-23-14-7-5-13(6-8-14)15-9-10-16(19)18-17(15)20/h5-8,15H,2-4,9-12H2,1H3,(H,18,19,20). The van der Waals surface area contributed by atoms with Gasteiger partial charge in [-0.2, -0.15) is 8.42 Å². The maximum atomic E-state index is 11.8. The lowest BCUT2D eigenvalue weighted by atomic mass is 9.90. The van der Waals surface area contributed by atoms with Crippen molar-refractivity contribution in [3.05, 3.63) is 29.8 Å². The average Bonchev–Trinajstić information content (AvgIpc) is 2.54. The fourth-order valence-corrected chi connectivity index (χ4v) is 3.01. The minimum Gasteiger partial charge on any atom is -0.494 e. The maximum absolute atomic E-state index is 11.8. The first-order valence-electron chi connectivity index (χ1n) is 8.26. The summed E-state index contributed by atoms with van der Waals surface area (Å²) in [5.74, 6) is -0.0469. The number of rotatable bonds is 9. The number of benzene rings is 1. The molecule has 1 aliphatic heterocycles. The summed E-state index contributed by atoms with van der Waals surface area (Å²) in [7, 11) is -3.36. The molecule has 1 heterocycles.